The van der Waals surface area contributed by atoms with E-state index in [9.17, 15) is 43.2 Å². The third kappa shape index (κ3) is 66.7. The van der Waals surface area contributed by atoms with Crippen molar-refractivity contribution >= 4 is 39.5 Å². The molecule has 0 saturated heterocycles. The van der Waals surface area contributed by atoms with Gasteiger partial charge in [-0.2, -0.15) is 0 Å². The number of carbonyl (C=O) groups excluding carboxylic acids is 4. The molecule has 0 fully saturated rings. The highest BCUT2D eigenvalue weighted by Crippen LogP contribution is 2.45. The van der Waals surface area contributed by atoms with E-state index in [0.717, 1.165) is 95.8 Å². The number of hydrogen-bond acceptors (Lipinski definition) is 15. The number of phosphoric acid groups is 2. The van der Waals surface area contributed by atoms with Gasteiger partial charge in [0.15, 0.2) is 12.2 Å². The molecule has 0 aromatic rings. The second-order valence-electron chi connectivity index (χ2n) is 26.8. The number of esters is 4. The zero-order valence-corrected chi connectivity index (χ0v) is 61.5. The maximum atomic E-state index is 13.1. The fourth-order valence-electron chi connectivity index (χ4n) is 11.2. The summed E-state index contributed by atoms with van der Waals surface area (Å²) in [6, 6.07) is 0. The van der Waals surface area contributed by atoms with Crippen LogP contribution in [0.1, 0.15) is 381 Å². The van der Waals surface area contributed by atoms with E-state index in [-0.39, 0.29) is 25.7 Å². The highest BCUT2D eigenvalue weighted by Gasteiger charge is 2.30. The van der Waals surface area contributed by atoms with E-state index >= 15 is 0 Å². The number of aliphatic hydroxyl groups excluding tert-OH is 1. The number of rotatable bonds is 73. The summed E-state index contributed by atoms with van der Waals surface area (Å²) < 4.78 is 68.3. The number of unbranched alkanes of at least 4 members (excludes halogenated alkanes) is 45. The molecule has 0 amide bonds. The molecule has 3 N–H and O–H groups in total. The van der Waals surface area contributed by atoms with Crippen molar-refractivity contribution in [1.29, 1.82) is 0 Å². The Kier molecular flexibility index (Phi) is 64.9. The lowest BCUT2D eigenvalue weighted by Crippen LogP contribution is -2.30. The van der Waals surface area contributed by atoms with Crippen LogP contribution in [0.3, 0.4) is 0 Å². The maximum Gasteiger partial charge on any atom is 0.472 e. The van der Waals surface area contributed by atoms with E-state index in [1.807, 2.05) is 0 Å². The first-order valence-corrected chi connectivity index (χ1v) is 41.1. The van der Waals surface area contributed by atoms with Crippen molar-refractivity contribution in [2.45, 2.75) is 400 Å². The summed E-state index contributed by atoms with van der Waals surface area (Å²) in [5.41, 5.74) is 0. The fraction of sp³-hybridized carbons (Fsp3) is 0.945. The Balaban J connectivity index is 5.16. The molecule has 0 spiro atoms. The zero-order valence-electron chi connectivity index (χ0n) is 59.7. The fourth-order valence-corrected chi connectivity index (χ4v) is 12.8. The van der Waals surface area contributed by atoms with Crippen molar-refractivity contribution in [2.75, 3.05) is 39.6 Å². The predicted molar refractivity (Wildman–Crippen MR) is 372 cm³/mol. The van der Waals surface area contributed by atoms with Crippen molar-refractivity contribution in [3.05, 3.63) is 0 Å². The number of hydrogen-bond donors (Lipinski definition) is 3. The van der Waals surface area contributed by atoms with Gasteiger partial charge < -0.3 is 33.8 Å². The molecule has 0 aromatic carbocycles. The molecule has 2 unspecified atom stereocenters. The van der Waals surface area contributed by atoms with Gasteiger partial charge in [0, 0.05) is 25.7 Å². The molecule has 0 saturated carbocycles. The topological polar surface area (TPSA) is 237 Å². The SMILES string of the molecule is CCCCCCCCCCCCCCCCCCCCCCCC(=O)O[C@H](COC(=O)CCCCCCCCCCCCC(C)C)COP(=O)(O)OC[C@@H](O)COP(=O)(O)OC[C@@H](COC(=O)CCCCCCCCCCC)OC(=O)CCCCCCCCCCC. The third-order valence-electron chi connectivity index (χ3n) is 17.0. The number of phosphoric ester groups is 2. The van der Waals surface area contributed by atoms with Crippen LogP contribution in [-0.4, -0.2) is 96.7 Å². The normalized spacial score (nSPS) is 14.0. The Morgan fingerprint density at radius 3 is 0.739 bits per heavy atom. The lowest BCUT2D eigenvalue weighted by molar-refractivity contribution is -0.161. The van der Waals surface area contributed by atoms with E-state index < -0.39 is 97.5 Å². The van der Waals surface area contributed by atoms with Crippen LogP contribution in [0.4, 0.5) is 0 Å². The summed E-state index contributed by atoms with van der Waals surface area (Å²) >= 11 is 0. The van der Waals surface area contributed by atoms with Gasteiger partial charge in [-0.15, -0.1) is 0 Å². The second kappa shape index (κ2) is 66.3. The van der Waals surface area contributed by atoms with Crippen molar-refractivity contribution in [3.63, 3.8) is 0 Å². The van der Waals surface area contributed by atoms with Crippen LogP contribution in [0, 0.1) is 5.92 Å². The molecule has 0 bridgehead atoms. The second-order valence-corrected chi connectivity index (χ2v) is 29.7. The van der Waals surface area contributed by atoms with Gasteiger partial charge in [-0.25, -0.2) is 9.13 Å². The third-order valence-corrected chi connectivity index (χ3v) is 18.9. The monoisotopic (exact) mass is 1350 g/mol. The Morgan fingerprint density at radius 1 is 0.293 bits per heavy atom. The summed E-state index contributed by atoms with van der Waals surface area (Å²) in [6.45, 7) is 7.22. The summed E-state index contributed by atoms with van der Waals surface area (Å²) in [6.07, 6.45) is 54.3. The maximum absolute atomic E-state index is 13.1. The van der Waals surface area contributed by atoms with Crippen molar-refractivity contribution < 1.29 is 80.2 Å². The smallest absolute Gasteiger partial charge is 0.462 e. The molecule has 5 atom stereocenters. The van der Waals surface area contributed by atoms with Crippen molar-refractivity contribution in [1.82, 2.24) is 0 Å². The molecular weight excluding hydrogens is 1210 g/mol. The first-order chi connectivity index (χ1) is 44.5. The molecule has 0 aromatic heterocycles. The van der Waals surface area contributed by atoms with Crippen LogP contribution in [0.2, 0.25) is 0 Å². The molecule has 0 radical (unpaired) electrons. The molecule has 0 aliphatic rings. The molecule has 19 heteroatoms. The van der Waals surface area contributed by atoms with Gasteiger partial charge in [0.1, 0.15) is 19.3 Å². The molecule has 17 nitrogen and oxygen atoms in total. The van der Waals surface area contributed by atoms with Crippen LogP contribution in [0.25, 0.3) is 0 Å². The van der Waals surface area contributed by atoms with Crippen LogP contribution in [-0.2, 0) is 65.4 Å². The minimum Gasteiger partial charge on any atom is -0.462 e. The predicted octanol–water partition coefficient (Wildman–Crippen LogP) is 21.3. The number of carbonyl (C=O) groups is 4. The average molecular weight is 1350 g/mol. The Labute approximate surface area is 562 Å². The van der Waals surface area contributed by atoms with E-state index in [1.165, 1.54) is 205 Å². The number of ether oxygens (including phenoxy) is 4. The van der Waals surface area contributed by atoms with Crippen LogP contribution < -0.4 is 0 Å². The average Bonchev–Trinajstić information content (AvgIpc) is 3.72. The number of aliphatic hydroxyl groups is 1. The summed E-state index contributed by atoms with van der Waals surface area (Å²) in [7, 11) is -9.90. The largest absolute Gasteiger partial charge is 0.472 e. The first-order valence-electron chi connectivity index (χ1n) is 38.1. The Hall–Kier alpha value is -1.94. The standard InChI is InChI=1S/C73H142O17P2/c1-6-9-12-15-18-21-22-23-24-25-26-27-28-29-30-31-32-39-44-49-54-59-73(78)90-69(63-84-71(76)57-52-47-42-38-34-33-37-40-45-50-55-66(4)5)65-88-92(81,82)86-61-67(74)60-85-91(79,80)87-64-68(89-72(77)58-53-48-43-36-20-17-14-11-8-3)62-83-70(75)56-51-46-41-35-19-16-13-10-7-2/h66-69,74H,6-65H2,1-5H3,(H,79,80)(H,81,82)/t67-,68+,69+/m0/s1. The van der Waals surface area contributed by atoms with Crippen molar-refractivity contribution in [3.8, 4) is 0 Å². The Morgan fingerprint density at radius 2 is 0.500 bits per heavy atom. The quantitative estimate of drug-likeness (QED) is 0.0222. The highest BCUT2D eigenvalue weighted by atomic mass is 31.2. The van der Waals surface area contributed by atoms with E-state index in [2.05, 4.69) is 34.6 Å². The van der Waals surface area contributed by atoms with Gasteiger partial charge in [0.05, 0.1) is 26.4 Å². The lowest BCUT2D eigenvalue weighted by atomic mass is 10.0. The summed E-state index contributed by atoms with van der Waals surface area (Å²) in [4.78, 5) is 72.5. The minimum absolute atomic E-state index is 0.106. The summed E-state index contributed by atoms with van der Waals surface area (Å²) in [5.74, 6) is -1.36. The molecule has 0 heterocycles. The van der Waals surface area contributed by atoms with E-state index in [1.54, 1.807) is 0 Å². The molecule has 0 aliphatic heterocycles. The minimum atomic E-state index is -4.95. The van der Waals surface area contributed by atoms with Gasteiger partial charge in [-0.1, -0.05) is 330 Å². The molecule has 0 rings (SSSR count). The van der Waals surface area contributed by atoms with Gasteiger partial charge in [0.25, 0.3) is 0 Å². The van der Waals surface area contributed by atoms with Crippen LogP contribution >= 0.6 is 15.6 Å². The highest BCUT2D eigenvalue weighted by molar-refractivity contribution is 7.47. The van der Waals surface area contributed by atoms with Gasteiger partial charge >= 0.3 is 39.5 Å². The zero-order chi connectivity index (χ0) is 67.7. The first kappa shape index (κ1) is 90.1. The molecule has 92 heavy (non-hydrogen) atoms. The van der Waals surface area contributed by atoms with E-state index in [4.69, 9.17) is 37.0 Å². The van der Waals surface area contributed by atoms with Gasteiger partial charge in [-0.05, 0) is 31.6 Å². The van der Waals surface area contributed by atoms with Gasteiger partial charge in [0.2, 0.25) is 0 Å². The lowest BCUT2D eigenvalue weighted by Gasteiger charge is -2.21. The van der Waals surface area contributed by atoms with E-state index in [0.29, 0.717) is 25.7 Å². The van der Waals surface area contributed by atoms with Crippen molar-refractivity contribution in [2.24, 2.45) is 5.92 Å². The molecule has 0 aliphatic carbocycles. The van der Waals surface area contributed by atoms with Gasteiger partial charge in [-0.3, -0.25) is 37.3 Å². The van der Waals surface area contributed by atoms with Crippen LogP contribution in [0.15, 0.2) is 0 Å². The summed E-state index contributed by atoms with van der Waals surface area (Å²) in [5, 5.41) is 10.6. The Bertz CT molecular complexity index is 1770. The molecule has 546 valence electrons. The van der Waals surface area contributed by atoms with Crippen LogP contribution in [0.5, 0.6) is 0 Å². The molecular formula is C73H142O17P2.